The van der Waals surface area contributed by atoms with Gasteiger partial charge in [-0.15, -0.1) is 5.10 Å². The fourth-order valence-electron chi connectivity index (χ4n) is 3.53. The van der Waals surface area contributed by atoms with Gasteiger partial charge in [0, 0.05) is 44.2 Å². The van der Waals surface area contributed by atoms with Crippen LogP contribution in [0, 0.1) is 0 Å². The van der Waals surface area contributed by atoms with E-state index in [1.165, 1.54) is 10.2 Å². The van der Waals surface area contributed by atoms with Crippen LogP contribution in [-0.4, -0.2) is 56.9 Å². The number of benzene rings is 2. The lowest BCUT2D eigenvalue weighted by Crippen LogP contribution is -2.48. The Labute approximate surface area is 173 Å². The van der Waals surface area contributed by atoms with Crippen molar-refractivity contribution in [3.63, 3.8) is 0 Å². The van der Waals surface area contributed by atoms with Crippen LogP contribution in [-0.2, 0) is 17.9 Å². The van der Waals surface area contributed by atoms with Gasteiger partial charge < -0.3 is 4.90 Å². The van der Waals surface area contributed by atoms with Crippen LogP contribution in [0.15, 0.2) is 53.3 Å². The van der Waals surface area contributed by atoms with E-state index < -0.39 is 0 Å². The molecular weight excluding hydrogens is 390 g/mol. The molecule has 2 aromatic carbocycles. The second kappa shape index (κ2) is 8.71. The number of carbonyl (C=O) groups excluding carboxylic acids is 1. The molecule has 7 nitrogen and oxygen atoms in total. The number of hydrogen-bond donors (Lipinski definition) is 0. The molecule has 0 N–H and O–H groups in total. The van der Waals surface area contributed by atoms with Gasteiger partial charge in [0.1, 0.15) is 5.52 Å². The Kier molecular flexibility index (Phi) is 5.87. The molecule has 2 heterocycles. The molecule has 0 aliphatic carbocycles. The van der Waals surface area contributed by atoms with E-state index in [0.29, 0.717) is 24.0 Å². The fourth-order valence-corrected chi connectivity index (χ4v) is 3.66. The van der Waals surface area contributed by atoms with Gasteiger partial charge >= 0.3 is 0 Å². The number of hydrogen-bond acceptors (Lipinski definition) is 5. The highest BCUT2D eigenvalue weighted by Gasteiger charge is 2.21. The van der Waals surface area contributed by atoms with E-state index in [-0.39, 0.29) is 24.4 Å². The van der Waals surface area contributed by atoms with Gasteiger partial charge in [-0.1, -0.05) is 41.1 Å². The summed E-state index contributed by atoms with van der Waals surface area (Å²) in [6.45, 7) is 4.10. The zero-order valence-electron chi connectivity index (χ0n) is 16.0. The molecule has 1 aliphatic heterocycles. The number of carbonyl (C=O) groups is 1. The van der Waals surface area contributed by atoms with Crippen LogP contribution in [0.1, 0.15) is 12.0 Å². The first-order valence-corrected chi connectivity index (χ1v) is 10.0. The minimum atomic E-state index is -0.212. The Morgan fingerprint density at radius 2 is 1.72 bits per heavy atom. The first-order valence-electron chi connectivity index (χ1n) is 9.67. The van der Waals surface area contributed by atoms with Crippen LogP contribution < -0.4 is 5.56 Å². The third-order valence-electron chi connectivity index (χ3n) is 5.21. The second-order valence-corrected chi connectivity index (χ2v) is 7.60. The number of fused-ring (bicyclic) bond motifs is 1. The predicted octanol–water partition coefficient (Wildman–Crippen LogP) is 2.18. The summed E-state index contributed by atoms with van der Waals surface area (Å²) in [5.41, 5.74) is 1.57. The SMILES string of the molecule is O=C(CCn1nnc2ccccc2c1=O)N1CCN(Cc2ccc(Cl)cc2)CC1. The van der Waals surface area contributed by atoms with E-state index in [9.17, 15) is 9.59 Å². The molecule has 0 saturated carbocycles. The molecule has 3 aromatic rings. The number of aryl methyl sites for hydroxylation is 1. The molecule has 0 atom stereocenters. The summed E-state index contributed by atoms with van der Waals surface area (Å²) < 4.78 is 1.27. The minimum absolute atomic E-state index is 0.0398. The topological polar surface area (TPSA) is 71.3 Å². The van der Waals surface area contributed by atoms with Crippen molar-refractivity contribution in [1.29, 1.82) is 0 Å². The number of piperazine rings is 1. The van der Waals surface area contributed by atoms with Gasteiger partial charge in [0.25, 0.3) is 5.56 Å². The molecule has 1 aliphatic rings. The summed E-state index contributed by atoms with van der Waals surface area (Å²) in [7, 11) is 0. The first kappa shape index (κ1) is 19.5. The first-order chi connectivity index (χ1) is 14.1. The molecule has 4 rings (SSSR count). The van der Waals surface area contributed by atoms with Crippen molar-refractivity contribution in [2.24, 2.45) is 0 Å². The van der Waals surface area contributed by atoms with E-state index in [4.69, 9.17) is 11.6 Å². The number of rotatable bonds is 5. The zero-order chi connectivity index (χ0) is 20.2. The molecule has 150 valence electrons. The highest BCUT2D eigenvalue weighted by Crippen LogP contribution is 2.13. The monoisotopic (exact) mass is 411 g/mol. The van der Waals surface area contributed by atoms with Crippen LogP contribution in [0.4, 0.5) is 0 Å². The number of aromatic nitrogens is 3. The standard InChI is InChI=1S/C21H22ClN5O2/c22-17-7-5-16(6-8-17)15-25-11-13-26(14-12-25)20(28)9-10-27-21(29)18-3-1-2-4-19(18)23-24-27/h1-8H,9-15H2. The maximum Gasteiger partial charge on any atom is 0.277 e. The molecule has 1 amide bonds. The summed E-state index contributed by atoms with van der Waals surface area (Å²) in [6, 6.07) is 14.9. The molecule has 1 aromatic heterocycles. The molecule has 0 unspecified atom stereocenters. The Hall–Kier alpha value is -2.77. The summed E-state index contributed by atoms with van der Waals surface area (Å²) in [5.74, 6) is 0.0398. The molecule has 1 saturated heterocycles. The average molecular weight is 412 g/mol. The van der Waals surface area contributed by atoms with Crippen LogP contribution in [0.2, 0.25) is 5.02 Å². The molecule has 1 fully saturated rings. The Morgan fingerprint density at radius 1 is 1.00 bits per heavy atom. The highest BCUT2D eigenvalue weighted by atomic mass is 35.5. The van der Waals surface area contributed by atoms with Gasteiger partial charge in [0.2, 0.25) is 5.91 Å². The number of amides is 1. The van der Waals surface area contributed by atoms with Crippen molar-refractivity contribution in [2.75, 3.05) is 26.2 Å². The van der Waals surface area contributed by atoms with Crippen LogP contribution in [0.3, 0.4) is 0 Å². The third kappa shape index (κ3) is 4.63. The maximum atomic E-state index is 12.6. The molecule has 0 spiro atoms. The average Bonchev–Trinajstić information content (AvgIpc) is 2.75. The van der Waals surface area contributed by atoms with Crippen molar-refractivity contribution in [2.45, 2.75) is 19.5 Å². The van der Waals surface area contributed by atoms with Crippen molar-refractivity contribution < 1.29 is 4.79 Å². The molecule has 0 bridgehead atoms. The zero-order valence-corrected chi connectivity index (χ0v) is 16.8. The lowest BCUT2D eigenvalue weighted by molar-refractivity contribution is -0.133. The summed E-state index contributed by atoms with van der Waals surface area (Å²) in [4.78, 5) is 29.2. The summed E-state index contributed by atoms with van der Waals surface area (Å²) in [5, 5.41) is 9.27. The molecule has 0 radical (unpaired) electrons. The van der Waals surface area contributed by atoms with E-state index in [2.05, 4.69) is 15.2 Å². The fraction of sp³-hybridized carbons (Fsp3) is 0.333. The van der Waals surface area contributed by atoms with Crippen molar-refractivity contribution in [3.05, 3.63) is 69.5 Å². The van der Waals surface area contributed by atoms with E-state index in [1.807, 2.05) is 35.2 Å². The van der Waals surface area contributed by atoms with Gasteiger partial charge in [-0.2, -0.15) is 0 Å². The summed E-state index contributed by atoms with van der Waals surface area (Å²) >= 11 is 5.93. The lowest BCUT2D eigenvalue weighted by Gasteiger charge is -2.34. The van der Waals surface area contributed by atoms with Gasteiger partial charge in [-0.05, 0) is 29.8 Å². The Balaban J connectivity index is 1.29. The van der Waals surface area contributed by atoms with Gasteiger partial charge in [0.15, 0.2) is 0 Å². The summed E-state index contributed by atoms with van der Waals surface area (Å²) in [6.07, 6.45) is 0.240. The number of halogens is 1. The van der Waals surface area contributed by atoms with Crippen LogP contribution in [0.5, 0.6) is 0 Å². The highest BCUT2D eigenvalue weighted by molar-refractivity contribution is 6.30. The van der Waals surface area contributed by atoms with Gasteiger partial charge in [-0.3, -0.25) is 14.5 Å². The third-order valence-corrected chi connectivity index (χ3v) is 5.46. The maximum absolute atomic E-state index is 12.6. The van der Waals surface area contributed by atoms with Crippen LogP contribution >= 0.6 is 11.6 Å². The van der Waals surface area contributed by atoms with Crippen molar-refractivity contribution >= 4 is 28.4 Å². The van der Waals surface area contributed by atoms with E-state index in [1.54, 1.807) is 18.2 Å². The smallest absolute Gasteiger partial charge is 0.277 e. The lowest BCUT2D eigenvalue weighted by atomic mass is 10.2. The normalized spacial score (nSPS) is 15.0. The molecule has 29 heavy (non-hydrogen) atoms. The molecule has 8 heteroatoms. The van der Waals surface area contributed by atoms with E-state index in [0.717, 1.165) is 24.7 Å². The van der Waals surface area contributed by atoms with Crippen molar-refractivity contribution in [1.82, 2.24) is 24.8 Å². The largest absolute Gasteiger partial charge is 0.340 e. The van der Waals surface area contributed by atoms with Crippen molar-refractivity contribution in [3.8, 4) is 0 Å². The Morgan fingerprint density at radius 3 is 2.48 bits per heavy atom. The Bertz CT molecular complexity index is 1060. The minimum Gasteiger partial charge on any atom is -0.340 e. The van der Waals surface area contributed by atoms with Crippen LogP contribution in [0.25, 0.3) is 10.9 Å². The quantitative estimate of drug-likeness (QED) is 0.643. The predicted molar refractivity (Wildman–Crippen MR) is 112 cm³/mol. The molecular formula is C21H22ClN5O2. The van der Waals surface area contributed by atoms with E-state index >= 15 is 0 Å². The van der Waals surface area contributed by atoms with Gasteiger partial charge in [0.05, 0.1) is 11.9 Å². The second-order valence-electron chi connectivity index (χ2n) is 7.17. The number of nitrogens with zero attached hydrogens (tertiary/aromatic N) is 5. The van der Waals surface area contributed by atoms with Gasteiger partial charge in [-0.25, -0.2) is 4.68 Å².